The largest absolute Gasteiger partial charge is 0.245 e. The molecule has 62 heavy (non-hydrogen) atoms. The Labute approximate surface area is 401 Å². The molecule has 2 aliphatic heterocycles. The zero-order valence-electron chi connectivity index (χ0n) is 40.6. The molecule has 5 rings (SSSR count). The summed E-state index contributed by atoms with van der Waals surface area (Å²) in [5, 5.41) is 5.11. The minimum absolute atomic E-state index is 0.412. The van der Waals surface area contributed by atoms with E-state index in [1.54, 1.807) is 45.1 Å². The average Bonchev–Trinajstić information content (AvgIpc) is 4.13. The second kappa shape index (κ2) is 32.6. The van der Waals surface area contributed by atoms with Crippen LogP contribution in [0.15, 0.2) is 22.9 Å². The van der Waals surface area contributed by atoms with Gasteiger partial charge in [0, 0.05) is 70.0 Å². The van der Waals surface area contributed by atoms with E-state index < -0.39 is 0 Å². The molecule has 1 saturated carbocycles. The molecule has 2 saturated heterocycles. The summed E-state index contributed by atoms with van der Waals surface area (Å²) in [4.78, 5) is 3.18. The van der Waals surface area contributed by atoms with Crippen molar-refractivity contribution in [2.75, 3.05) is 0 Å². The lowest BCUT2D eigenvalue weighted by Crippen LogP contribution is -2.61. The topological polar surface area (TPSA) is 48.1 Å². The highest BCUT2D eigenvalue weighted by atomic mass is 32.2. The van der Waals surface area contributed by atoms with Crippen LogP contribution in [0.3, 0.4) is 0 Å². The summed E-state index contributed by atoms with van der Waals surface area (Å²) < 4.78 is 15.8. The van der Waals surface area contributed by atoms with Crippen molar-refractivity contribution in [3.63, 3.8) is 0 Å². The third kappa shape index (κ3) is 18.6. The van der Waals surface area contributed by atoms with Gasteiger partial charge in [-0.3, -0.25) is 0 Å². The van der Waals surface area contributed by atoms with Gasteiger partial charge >= 0.3 is 0 Å². The van der Waals surface area contributed by atoms with Gasteiger partial charge in [0.15, 0.2) is 0 Å². The van der Waals surface area contributed by atoms with Gasteiger partial charge < -0.3 is 0 Å². The van der Waals surface area contributed by atoms with Gasteiger partial charge in [0.2, 0.25) is 0 Å². The summed E-state index contributed by atoms with van der Waals surface area (Å²) in [6, 6.07) is 6.96. The van der Waals surface area contributed by atoms with Crippen LogP contribution in [-0.2, 0) is 12.8 Å². The van der Waals surface area contributed by atoms with Crippen LogP contribution >= 0.6 is 46.9 Å². The zero-order chi connectivity index (χ0) is 43.5. The first-order valence-electron chi connectivity index (χ1n) is 27.1. The second-order valence-electron chi connectivity index (χ2n) is 20.3. The van der Waals surface area contributed by atoms with Crippen molar-refractivity contribution in [3.05, 3.63) is 43.8 Å². The summed E-state index contributed by atoms with van der Waals surface area (Å²) in [6.45, 7) is 9.32. The number of nitrogens with one attached hydrogen (secondary N) is 4. The molecule has 2 aromatic heterocycles. The maximum atomic E-state index is 3.94. The van der Waals surface area contributed by atoms with Gasteiger partial charge in [0.05, 0.1) is 0 Å². The molecular formula is C54H96N4S4. The molecular weight excluding hydrogens is 833 g/mol. The number of fused-ring (bicyclic) bond motifs is 2. The number of hydrogen-bond donors (Lipinski definition) is 4. The molecule has 6 unspecified atom stereocenters. The maximum Gasteiger partial charge on any atom is 0.0446 e. The Bertz CT molecular complexity index is 1260. The molecule has 356 valence electrons. The van der Waals surface area contributed by atoms with Crippen molar-refractivity contribution in [2.45, 2.75) is 282 Å². The molecule has 0 aromatic carbocycles. The smallest absolute Gasteiger partial charge is 0.0446 e. The highest BCUT2D eigenvalue weighted by molar-refractivity contribution is 7.96. The van der Waals surface area contributed by atoms with Gasteiger partial charge in [-0.2, -0.15) is 0 Å². The fraction of sp³-hybridized carbons (Fsp3) is 0.852. The first kappa shape index (κ1) is 52.9. The molecule has 2 aromatic rings. The zero-order valence-corrected chi connectivity index (χ0v) is 43.9. The van der Waals surface area contributed by atoms with Crippen molar-refractivity contribution < 1.29 is 0 Å². The molecule has 8 heteroatoms. The molecule has 3 fully saturated rings. The summed E-state index contributed by atoms with van der Waals surface area (Å²) >= 11 is 7.64. The molecule has 0 amide bonds. The minimum atomic E-state index is 0.412. The number of hydrogen-bond acceptors (Lipinski definition) is 8. The van der Waals surface area contributed by atoms with Gasteiger partial charge in [-0.15, -0.1) is 22.7 Å². The fourth-order valence-electron chi connectivity index (χ4n) is 11.3. The first-order valence-corrected chi connectivity index (χ1v) is 30.5. The molecule has 1 aliphatic carbocycles. The Balaban J connectivity index is 1.19. The van der Waals surface area contributed by atoms with E-state index in [9.17, 15) is 0 Å². The second-order valence-corrected chi connectivity index (χ2v) is 23.6. The predicted octanol–water partition coefficient (Wildman–Crippen LogP) is 17.6. The molecule has 6 atom stereocenters. The van der Waals surface area contributed by atoms with E-state index >= 15 is 0 Å². The van der Waals surface area contributed by atoms with Crippen LogP contribution in [0, 0.1) is 11.8 Å². The van der Waals surface area contributed by atoms with E-state index in [4.69, 9.17) is 0 Å². The standard InChI is InChI=1S/C54H96N4S4/c1-5-9-13-17-21-23-27-31-35-43(33-29-25-19-15-11-7-3)37-45-39-47(59-41-45)49-51-53(57-61-55-51)50(54-52(49)56-62-58-54)48-40-46(42-60-48)38-44(34-30-26-20-16-12-8-4)36-32-28-24-22-18-14-10-6-2/h39-44,49-58H,5-38H2,1-4H3. The summed E-state index contributed by atoms with van der Waals surface area (Å²) in [7, 11) is 0. The quantitative estimate of drug-likeness (QED) is 0.0398. The van der Waals surface area contributed by atoms with Gasteiger partial charge in [0.1, 0.15) is 0 Å². The van der Waals surface area contributed by atoms with E-state index in [0.29, 0.717) is 36.0 Å². The molecule has 3 aliphatic rings. The fourth-order valence-corrected chi connectivity index (χ4v) is 15.3. The first-order chi connectivity index (χ1) is 30.7. The number of rotatable bonds is 38. The lowest BCUT2D eigenvalue weighted by atomic mass is 9.68. The van der Waals surface area contributed by atoms with E-state index in [1.807, 2.05) is 0 Å². The predicted molar refractivity (Wildman–Crippen MR) is 282 cm³/mol. The monoisotopic (exact) mass is 929 g/mol. The normalized spacial score (nSPS) is 23.2. The van der Waals surface area contributed by atoms with Crippen molar-refractivity contribution in [3.8, 4) is 0 Å². The van der Waals surface area contributed by atoms with Crippen molar-refractivity contribution in [1.82, 2.24) is 18.9 Å². The van der Waals surface area contributed by atoms with Gasteiger partial charge in [0.25, 0.3) is 0 Å². The van der Waals surface area contributed by atoms with Crippen LogP contribution < -0.4 is 18.9 Å². The highest BCUT2D eigenvalue weighted by Gasteiger charge is 2.56. The van der Waals surface area contributed by atoms with E-state index in [-0.39, 0.29) is 0 Å². The molecule has 4 nitrogen and oxygen atoms in total. The van der Waals surface area contributed by atoms with Gasteiger partial charge in [-0.1, -0.05) is 233 Å². The van der Waals surface area contributed by atoms with Crippen molar-refractivity contribution in [1.29, 1.82) is 0 Å². The van der Waals surface area contributed by atoms with Gasteiger partial charge in [-0.25, -0.2) is 18.9 Å². The van der Waals surface area contributed by atoms with Crippen LogP contribution in [0.5, 0.6) is 0 Å². The lowest BCUT2D eigenvalue weighted by molar-refractivity contribution is 0.227. The van der Waals surface area contributed by atoms with Crippen LogP contribution in [0.4, 0.5) is 0 Å². The number of thiophene rings is 2. The third-order valence-electron chi connectivity index (χ3n) is 15.0. The van der Waals surface area contributed by atoms with Crippen LogP contribution in [0.2, 0.25) is 0 Å². The molecule has 0 radical (unpaired) electrons. The molecule has 4 N–H and O–H groups in total. The maximum absolute atomic E-state index is 3.94. The molecule has 0 bridgehead atoms. The summed E-state index contributed by atoms with van der Waals surface area (Å²) in [5.74, 6) is 2.59. The Morgan fingerprint density at radius 2 is 0.629 bits per heavy atom. The van der Waals surface area contributed by atoms with Crippen molar-refractivity contribution in [2.24, 2.45) is 11.8 Å². The van der Waals surface area contributed by atoms with Crippen LogP contribution in [-0.4, -0.2) is 24.2 Å². The van der Waals surface area contributed by atoms with Gasteiger partial charge in [-0.05, 0) is 58.7 Å². The van der Waals surface area contributed by atoms with E-state index in [1.165, 1.54) is 218 Å². The van der Waals surface area contributed by atoms with E-state index in [2.05, 4.69) is 92.1 Å². The highest BCUT2D eigenvalue weighted by Crippen LogP contribution is 2.49. The summed E-state index contributed by atoms with van der Waals surface area (Å²) in [5.41, 5.74) is 3.22. The Hall–Kier alpha value is -0.0600. The minimum Gasteiger partial charge on any atom is -0.245 e. The third-order valence-corrected chi connectivity index (χ3v) is 18.7. The van der Waals surface area contributed by atoms with Crippen LogP contribution in [0.25, 0.3) is 0 Å². The number of unbranched alkanes of at least 4 members (excludes halogenated alkanes) is 24. The molecule has 0 spiro atoms. The Morgan fingerprint density at radius 3 is 0.903 bits per heavy atom. The lowest BCUT2D eigenvalue weighted by Gasteiger charge is -2.45. The summed E-state index contributed by atoms with van der Waals surface area (Å²) in [6.07, 6.45) is 47.9. The Kier molecular flexibility index (Phi) is 27.8. The SMILES string of the molecule is CCCCCCCCCCC(CCCCCCCC)Cc1csc(C2C3NSNC3C(c3cc(CC(CCCCCCCC)CCCCCCCCCC)cs3)C3NSNC32)c1. The average molecular weight is 930 g/mol. The van der Waals surface area contributed by atoms with Crippen molar-refractivity contribution >= 4 is 46.9 Å². The molecule has 4 heterocycles. The Morgan fingerprint density at radius 1 is 0.371 bits per heavy atom. The van der Waals surface area contributed by atoms with E-state index in [0.717, 1.165) is 11.8 Å². The van der Waals surface area contributed by atoms with Crippen LogP contribution in [0.1, 0.15) is 266 Å².